The van der Waals surface area contributed by atoms with Gasteiger partial charge < -0.3 is 4.74 Å². The van der Waals surface area contributed by atoms with Crippen molar-refractivity contribution < 1.29 is 19.1 Å². The molecular formula is C28H17Br2NO4S. The SMILES string of the molecule is O=C(Oc1ccc(Br)cc1/C=C1\SC(=O)N(Cc2ccccc2Br)C1=O)c1cccc2ccccc12. The normalized spacial score (nSPS) is 14.6. The maximum absolute atomic E-state index is 13.1. The minimum absolute atomic E-state index is 0.158. The lowest BCUT2D eigenvalue weighted by molar-refractivity contribution is -0.123. The molecule has 178 valence electrons. The Morgan fingerprint density at radius 2 is 1.67 bits per heavy atom. The van der Waals surface area contributed by atoms with E-state index in [0.717, 1.165) is 37.0 Å². The molecule has 2 amide bonds. The lowest BCUT2D eigenvalue weighted by Crippen LogP contribution is -2.27. The Hall–Kier alpha value is -3.20. The molecule has 0 spiro atoms. The number of carbonyl (C=O) groups excluding carboxylic acids is 3. The molecule has 5 rings (SSSR count). The molecule has 4 aromatic rings. The van der Waals surface area contributed by atoms with Crippen molar-refractivity contribution in [2.24, 2.45) is 0 Å². The van der Waals surface area contributed by atoms with E-state index < -0.39 is 11.9 Å². The van der Waals surface area contributed by atoms with Crippen molar-refractivity contribution in [3.8, 4) is 5.75 Å². The van der Waals surface area contributed by atoms with Crippen LogP contribution in [0.1, 0.15) is 21.5 Å². The molecule has 1 aliphatic rings. The Balaban J connectivity index is 1.44. The molecule has 0 bridgehead atoms. The summed E-state index contributed by atoms with van der Waals surface area (Å²) in [6.07, 6.45) is 1.58. The van der Waals surface area contributed by atoms with Gasteiger partial charge in [-0.25, -0.2) is 4.79 Å². The molecule has 5 nitrogen and oxygen atoms in total. The smallest absolute Gasteiger partial charge is 0.344 e. The van der Waals surface area contributed by atoms with Crippen molar-refractivity contribution in [1.82, 2.24) is 4.90 Å². The van der Waals surface area contributed by atoms with Crippen LogP contribution in [0.15, 0.2) is 98.8 Å². The molecular weight excluding hydrogens is 606 g/mol. The molecule has 0 aliphatic carbocycles. The first-order valence-corrected chi connectivity index (χ1v) is 13.3. The first-order chi connectivity index (χ1) is 17.4. The third-order valence-corrected chi connectivity index (χ3v) is 7.80. The van der Waals surface area contributed by atoms with Gasteiger partial charge in [-0.3, -0.25) is 14.5 Å². The second-order valence-corrected chi connectivity index (χ2v) is 10.7. The molecule has 0 atom stereocenters. The van der Waals surface area contributed by atoms with Gasteiger partial charge >= 0.3 is 5.97 Å². The predicted octanol–water partition coefficient (Wildman–Crippen LogP) is 7.82. The maximum Gasteiger partial charge on any atom is 0.344 e. The quantitative estimate of drug-likeness (QED) is 0.129. The number of esters is 1. The zero-order valence-electron chi connectivity index (χ0n) is 18.6. The van der Waals surface area contributed by atoms with Gasteiger partial charge in [0.2, 0.25) is 0 Å². The molecule has 0 unspecified atom stereocenters. The number of imide groups is 1. The predicted molar refractivity (Wildman–Crippen MR) is 149 cm³/mol. The van der Waals surface area contributed by atoms with E-state index in [2.05, 4.69) is 31.9 Å². The van der Waals surface area contributed by atoms with Crippen LogP contribution in [0.25, 0.3) is 16.8 Å². The van der Waals surface area contributed by atoms with E-state index >= 15 is 0 Å². The van der Waals surface area contributed by atoms with Crippen LogP contribution in [-0.4, -0.2) is 22.0 Å². The van der Waals surface area contributed by atoms with E-state index in [1.807, 2.05) is 60.7 Å². The fourth-order valence-electron chi connectivity index (χ4n) is 3.86. The summed E-state index contributed by atoms with van der Waals surface area (Å²) in [4.78, 5) is 40.3. The molecule has 1 aliphatic heterocycles. The van der Waals surface area contributed by atoms with Crippen molar-refractivity contribution in [3.05, 3.63) is 115 Å². The number of hydrogen-bond donors (Lipinski definition) is 0. The van der Waals surface area contributed by atoms with Crippen molar-refractivity contribution in [3.63, 3.8) is 0 Å². The van der Waals surface area contributed by atoms with Gasteiger partial charge in [-0.1, -0.05) is 86.5 Å². The number of carbonyl (C=O) groups is 3. The van der Waals surface area contributed by atoms with Crippen molar-refractivity contribution in [2.75, 3.05) is 0 Å². The number of amides is 2. The Morgan fingerprint density at radius 3 is 2.50 bits per heavy atom. The van der Waals surface area contributed by atoms with Gasteiger partial charge in [0.1, 0.15) is 5.75 Å². The second kappa shape index (κ2) is 10.4. The third kappa shape index (κ3) is 5.02. The van der Waals surface area contributed by atoms with E-state index in [4.69, 9.17) is 4.74 Å². The molecule has 0 radical (unpaired) electrons. The summed E-state index contributed by atoms with van der Waals surface area (Å²) in [6.45, 7) is 0.158. The zero-order valence-corrected chi connectivity index (χ0v) is 22.6. The number of nitrogens with zero attached hydrogens (tertiary/aromatic N) is 1. The molecule has 0 aromatic heterocycles. The van der Waals surface area contributed by atoms with Crippen LogP contribution in [0.5, 0.6) is 5.75 Å². The van der Waals surface area contributed by atoms with Crippen molar-refractivity contribution >= 4 is 77.6 Å². The number of fused-ring (bicyclic) bond motifs is 1. The van der Waals surface area contributed by atoms with Crippen LogP contribution in [0, 0.1) is 0 Å². The zero-order chi connectivity index (χ0) is 25.2. The molecule has 0 N–H and O–H groups in total. The number of halogens is 2. The van der Waals surface area contributed by atoms with Crippen molar-refractivity contribution in [1.29, 1.82) is 0 Å². The van der Waals surface area contributed by atoms with E-state index in [-0.39, 0.29) is 22.4 Å². The highest BCUT2D eigenvalue weighted by Crippen LogP contribution is 2.36. The lowest BCUT2D eigenvalue weighted by atomic mass is 10.0. The van der Waals surface area contributed by atoms with E-state index in [0.29, 0.717) is 11.1 Å². The monoisotopic (exact) mass is 621 g/mol. The molecule has 1 heterocycles. The Kier molecular flexibility index (Phi) is 7.09. The van der Waals surface area contributed by atoms with E-state index in [9.17, 15) is 14.4 Å². The first-order valence-electron chi connectivity index (χ1n) is 10.9. The summed E-state index contributed by atoms with van der Waals surface area (Å²) in [5.74, 6) is -0.619. The Bertz CT molecular complexity index is 1560. The topological polar surface area (TPSA) is 63.7 Å². The largest absolute Gasteiger partial charge is 0.422 e. The molecule has 4 aromatic carbocycles. The standard InChI is InChI=1S/C28H17Br2NO4S/c29-20-12-13-24(35-27(33)22-10-5-8-17-6-1-3-9-21(17)22)19(14-20)15-25-26(32)31(28(34)36-25)16-18-7-2-4-11-23(18)30/h1-15H,16H2/b25-15-. The molecule has 1 fully saturated rings. The summed E-state index contributed by atoms with van der Waals surface area (Å²) in [7, 11) is 0. The molecule has 1 saturated heterocycles. The number of hydrogen-bond acceptors (Lipinski definition) is 5. The minimum Gasteiger partial charge on any atom is -0.422 e. The van der Waals surface area contributed by atoms with Crippen LogP contribution >= 0.6 is 43.6 Å². The van der Waals surface area contributed by atoms with Gasteiger partial charge in [0.05, 0.1) is 17.0 Å². The van der Waals surface area contributed by atoms with Gasteiger partial charge in [-0.05, 0) is 64.5 Å². The highest BCUT2D eigenvalue weighted by molar-refractivity contribution is 9.10. The summed E-state index contributed by atoms with van der Waals surface area (Å²) >= 11 is 7.76. The van der Waals surface area contributed by atoms with Gasteiger partial charge in [-0.15, -0.1) is 0 Å². The van der Waals surface area contributed by atoms with Gasteiger partial charge in [0.15, 0.2) is 0 Å². The summed E-state index contributed by atoms with van der Waals surface area (Å²) < 4.78 is 7.34. The maximum atomic E-state index is 13.1. The number of benzene rings is 4. The van der Waals surface area contributed by atoms with Crippen LogP contribution in [0.4, 0.5) is 4.79 Å². The minimum atomic E-state index is -0.509. The van der Waals surface area contributed by atoms with Crippen LogP contribution in [0.3, 0.4) is 0 Å². The summed E-state index contributed by atoms with van der Waals surface area (Å²) in [5.41, 5.74) is 1.77. The Morgan fingerprint density at radius 1 is 0.917 bits per heavy atom. The van der Waals surface area contributed by atoms with Gasteiger partial charge in [0, 0.05) is 14.5 Å². The average molecular weight is 623 g/mol. The second-order valence-electron chi connectivity index (χ2n) is 7.96. The van der Waals surface area contributed by atoms with E-state index in [1.165, 1.54) is 4.90 Å². The van der Waals surface area contributed by atoms with Gasteiger partial charge in [0.25, 0.3) is 11.1 Å². The van der Waals surface area contributed by atoms with Crippen LogP contribution in [-0.2, 0) is 11.3 Å². The van der Waals surface area contributed by atoms with E-state index in [1.54, 1.807) is 30.3 Å². The summed E-state index contributed by atoms with van der Waals surface area (Å²) in [6, 6.07) is 25.6. The van der Waals surface area contributed by atoms with Crippen LogP contribution in [0.2, 0.25) is 0 Å². The molecule has 0 saturated carbocycles. The number of ether oxygens (including phenoxy) is 1. The number of thioether (sulfide) groups is 1. The third-order valence-electron chi connectivity index (χ3n) is 5.63. The highest BCUT2D eigenvalue weighted by atomic mass is 79.9. The van der Waals surface area contributed by atoms with Crippen LogP contribution < -0.4 is 4.74 Å². The van der Waals surface area contributed by atoms with Crippen molar-refractivity contribution in [2.45, 2.75) is 6.54 Å². The Labute approximate surface area is 228 Å². The highest BCUT2D eigenvalue weighted by Gasteiger charge is 2.35. The lowest BCUT2D eigenvalue weighted by Gasteiger charge is -2.13. The fraction of sp³-hybridized carbons (Fsp3) is 0.0357. The first kappa shape index (κ1) is 24.5. The average Bonchev–Trinajstić information content (AvgIpc) is 3.13. The fourth-order valence-corrected chi connectivity index (χ4v) is 5.48. The van der Waals surface area contributed by atoms with Gasteiger partial charge in [-0.2, -0.15) is 0 Å². The summed E-state index contributed by atoms with van der Waals surface area (Å²) in [5, 5.41) is 1.37. The molecule has 8 heteroatoms. The number of rotatable bonds is 5. The molecule has 36 heavy (non-hydrogen) atoms.